The van der Waals surface area contributed by atoms with Crippen molar-refractivity contribution in [3.63, 3.8) is 0 Å². The van der Waals surface area contributed by atoms with Crippen LogP contribution in [0.5, 0.6) is 5.75 Å². The van der Waals surface area contributed by atoms with E-state index in [2.05, 4.69) is 0 Å². The summed E-state index contributed by atoms with van der Waals surface area (Å²) in [5.41, 5.74) is 2.81. The number of nitro groups is 1. The number of hydrazone groups is 1. The number of carbonyl (C=O) groups excluding carboxylic acids is 2. The summed E-state index contributed by atoms with van der Waals surface area (Å²) < 4.78 is 10.7. The number of ether oxygens (including phenoxy) is 2. The third kappa shape index (κ3) is 5.76. The molecule has 6 rings (SSSR count). The second kappa shape index (κ2) is 11.9. The van der Waals surface area contributed by atoms with Crippen LogP contribution in [-0.4, -0.2) is 54.3 Å². The number of carbonyl (C=O) groups is 2. The molecule has 0 aromatic heterocycles. The Balaban J connectivity index is 1.23. The van der Waals surface area contributed by atoms with E-state index in [0.29, 0.717) is 17.9 Å². The molecule has 1 saturated heterocycles. The second-order valence-corrected chi connectivity index (χ2v) is 10.6. The number of anilines is 1. The van der Waals surface area contributed by atoms with Crippen molar-refractivity contribution in [3.05, 3.63) is 112 Å². The molecule has 1 unspecified atom stereocenters. The number of rotatable bonds is 8. The first kappa shape index (κ1) is 27.9. The van der Waals surface area contributed by atoms with Gasteiger partial charge in [0.2, 0.25) is 0 Å². The van der Waals surface area contributed by atoms with Crippen LogP contribution in [-0.2, 0) is 9.53 Å². The molecular weight excluding hydrogens is 548 g/mol. The van der Waals surface area contributed by atoms with Gasteiger partial charge in [-0.05, 0) is 65.1 Å². The molecule has 0 spiro atoms. The van der Waals surface area contributed by atoms with Crippen LogP contribution in [0.1, 0.15) is 46.8 Å². The normalized spacial score (nSPS) is 16.3. The highest BCUT2D eigenvalue weighted by Crippen LogP contribution is 2.35. The quantitative estimate of drug-likeness (QED) is 0.145. The third-order valence-electron chi connectivity index (χ3n) is 7.93. The van der Waals surface area contributed by atoms with E-state index in [9.17, 15) is 19.7 Å². The number of methoxy groups -OCH3 is 1. The van der Waals surface area contributed by atoms with Crippen molar-refractivity contribution in [3.8, 4) is 5.75 Å². The van der Waals surface area contributed by atoms with Gasteiger partial charge < -0.3 is 14.4 Å². The van der Waals surface area contributed by atoms with Gasteiger partial charge in [-0.2, -0.15) is 5.10 Å². The van der Waals surface area contributed by atoms with Crippen LogP contribution in [0, 0.1) is 10.1 Å². The molecule has 10 nitrogen and oxygen atoms in total. The van der Waals surface area contributed by atoms with Crippen LogP contribution in [0.3, 0.4) is 0 Å². The Morgan fingerprint density at radius 2 is 1.70 bits per heavy atom. The van der Waals surface area contributed by atoms with E-state index in [1.54, 1.807) is 13.2 Å². The van der Waals surface area contributed by atoms with Crippen molar-refractivity contribution in [1.82, 2.24) is 5.01 Å². The summed E-state index contributed by atoms with van der Waals surface area (Å²) in [5, 5.41) is 20.0. The van der Waals surface area contributed by atoms with Gasteiger partial charge in [-0.25, -0.2) is 9.80 Å². The van der Waals surface area contributed by atoms with Gasteiger partial charge in [-0.1, -0.05) is 48.5 Å². The fourth-order valence-electron chi connectivity index (χ4n) is 5.67. The van der Waals surface area contributed by atoms with Gasteiger partial charge in [0.05, 0.1) is 29.4 Å². The molecule has 1 atom stereocenters. The van der Waals surface area contributed by atoms with Crippen LogP contribution in [0.25, 0.3) is 10.8 Å². The van der Waals surface area contributed by atoms with E-state index in [1.807, 2.05) is 71.6 Å². The first-order valence-electron chi connectivity index (χ1n) is 14.1. The lowest BCUT2D eigenvalue weighted by Gasteiger charge is -2.22. The van der Waals surface area contributed by atoms with Crippen molar-refractivity contribution in [1.29, 1.82) is 0 Å². The van der Waals surface area contributed by atoms with Gasteiger partial charge in [0, 0.05) is 25.6 Å². The lowest BCUT2D eigenvalue weighted by atomic mass is 9.97. The smallest absolute Gasteiger partial charge is 0.338 e. The van der Waals surface area contributed by atoms with Gasteiger partial charge in [0.1, 0.15) is 11.4 Å². The maximum absolute atomic E-state index is 13.5. The summed E-state index contributed by atoms with van der Waals surface area (Å²) in [6.45, 7) is 0.889. The fraction of sp³-hybridized carbons (Fsp3) is 0.242. The van der Waals surface area contributed by atoms with E-state index in [0.717, 1.165) is 53.5 Å². The molecule has 2 aliphatic heterocycles. The lowest BCUT2D eigenvalue weighted by Crippen LogP contribution is -2.31. The maximum Gasteiger partial charge on any atom is 0.338 e. The number of hydrogen-bond acceptors (Lipinski definition) is 8. The van der Waals surface area contributed by atoms with Gasteiger partial charge in [-0.3, -0.25) is 14.9 Å². The second-order valence-electron chi connectivity index (χ2n) is 10.6. The summed E-state index contributed by atoms with van der Waals surface area (Å²) in [6.07, 6.45) is 2.39. The van der Waals surface area contributed by atoms with E-state index in [-0.39, 0.29) is 11.3 Å². The number of hydrogen-bond donors (Lipinski definition) is 0. The molecule has 0 N–H and O–H groups in total. The Bertz CT molecular complexity index is 1730. The molecule has 43 heavy (non-hydrogen) atoms. The third-order valence-corrected chi connectivity index (χ3v) is 7.93. The summed E-state index contributed by atoms with van der Waals surface area (Å²) in [4.78, 5) is 39.6. The molecule has 0 saturated carbocycles. The maximum atomic E-state index is 13.5. The monoisotopic (exact) mass is 578 g/mol. The van der Waals surface area contributed by atoms with E-state index >= 15 is 0 Å². The van der Waals surface area contributed by atoms with Crippen LogP contribution in [0.2, 0.25) is 0 Å². The Labute approximate surface area is 248 Å². The van der Waals surface area contributed by atoms with Crippen LogP contribution in [0.15, 0.2) is 90.0 Å². The molecular formula is C33H30N4O6. The van der Waals surface area contributed by atoms with Crippen molar-refractivity contribution < 1.29 is 24.0 Å². The summed E-state index contributed by atoms with van der Waals surface area (Å²) in [6, 6.07) is 25.4. The summed E-state index contributed by atoms with van der Waals surface area (Å²) in [5.74, 6) is -0.634. The Kier molecular flexibility index (Phi) is 7.74. The van der Waals surface area contributed by atoms with E-state index in [1.165, 1.54) is 17.1 Å². The van der Waals surface area contributed by atoms with Crippen molar-refractivity contribution in [2.24, 2.45) is 5.10 Å². The number of nitro benzene ring substituents is 1. The van der Waals surface area contributed by atoms with Crippen molar-refractivity contribution >= 4 is 39.7 Å². The zero-order valence-electron chi connectivity index (χ0n) is 23.6. The minimum Gasteiger partial charge on any atom is -0.497 e. The minimum atomic E-state index is -0.816. The Morgan fingerprint density at radius 3 is 2.42 bits per heavy atom. The summed E-state index contributed by atoms with van der Waals surface area (Å²) >= 11 is 0. The first-order valence-corrected chi connectivity index (χ1v) is 14.1. The minimum absolute atomic E-state index is 0.0101. The molecule has 0 bridgehead atoms. The van der Waals surface area contributed by atoms with Gasteiger partial charge in [-0.15, -0.1) is 0 Å². The average molecular weight is 579 g/mol. The first-order chi connectivity index (χ1) is 20.9. The van der Waals surface area contributed by atoms with Crippen LogP contribution >= 0.6 is 0 Å². The van der Waals surface area contributed by atoms with E-state index in [4.69, 9.17) is 14.6 Å². The van der Waals surface area contributed by atoms with E-state index < -0.39 is 29.4 Å². The highest BCUT2D eigenvalue weighted by molar-refractivity contribution is 6.05. The zero-order valence-corrected chi connectivity index (χ0v) is 23.6. The molecule has 0 radical (unpaired) electrons. The average Bonchev–Trinajstić information content (AvgIpc) is 3.74. The SMILES string of the molecule is COc1ccc(C2CC(c3ccc4ccccc4c3)=NN2C(=O)COC(=O)c2ccc(N3CCCC3)c([N+](=O)[O-])c2)cc1. The highest BCUT2D eigenvalue weighted by atomic mass is 16.6. The number of benzene rings is 4. The standard InChI is InChI=1S/C33H30N4O6/c1-42-27-13-10-23(11-14-27)30-20-28(25-9-8-22-6-2-3-7-24(22)18-25)34-36(30)32(38)21-43-33(39)26-12-15-29(31(19-26)37(40)41)35-16-4-5-17-35/h2-3,6-15,18-19,30H,4-5,16-17,20-21H2,1H3. The van der Waals surface area contributed by atoms with Crippen LogP contribution in [0.4, 0.5) is 11.4 Å². The number of fused-ring (bicyclic) bond motifs is 1. The van der Waals surface area contributed by atoms with Crippen molar-refractivity contribution in [2.75, 3.05) is 31.7 Å². The number of amides is 1. The molecule has 10 heteroatoms. The molecule has 1 fully saturated rings. The van der Waals surface area contributed by atoms with Gasteiger partial charge in [0.25, 0.3) is 11.6 Å². The number of nitrogens with zero attached hydrogens (tertiary/aromatic N) is 4. The fourth-order valence-corrected chi connectivity index (χ4v) is 5.67. The number of esters is 1. The van der Waals surface area contributed by atoms with Crippen LogP contribution < -0.4 is 9.64 Å². The highest BCUT2D eigenvalue weighted by Gasteiger charge is 2.34. The molecule has 2 aliphatic rings. The van der Waals surface area contributed by atoms with Gasteiger partial charge in [0.15, 0.2) is 6.61 Å². The Hall–Kier alpha value is -5.25. The molecule has 4 aromatic carbocycles. The van der Waals surface area contributed by atoms with Gasteiger partial charge >= 0.3 is 5.97 Å². The lowest BCUT2D eigenvalue weighted by molar-refractivity contribution is -0.384. The Morgan fingerprint density at radius 1 is 0.953 bits per heavy atom. The molecule has 2 heterocycles. The topological polar surface area (TPSA) is 115 Å². The summed E-state index contributed by atoms with van der Waals surface area (Å²) in [7, 11) is 1.59. The molecule has 218 valence electrons. The van der Waals surface area contributed by atoms with Crippen molar-refractivity contribution in [2.45, 2.75) is 25.3 Å². The molecule has 4 aromatic rings. The molecule has 1 amide bonds. The zero-order chi connectivity index (χ0) is 29.9. The molecule has 0 aliphatic carbocycles. The largest absolute Gasteiger partial charge is 0.497 e. The predicted octanol–water partition coefficient (Wildman–Crippen LogP) is 5.89. The predicted molar refractivity (Wildman–Crippen MR) is 163 cm³/mol.